The van der Waals surface area contributed by atoms with Crippen LogP contribution >= 0.6 is 0 Å². The summed E-state index contributed by atoms with van der Waals surface area (Å²) in [6, 6.07) is 0. The standard InChI is InChI=1S/C16H28N4/c1-5-9-17-15-14(12(2)3)13(4)18-16(19-15)20-10-7-6-8-11-20/h12H,5-11H2,1-4H3,(H,17,18,19). The molecule has 0 aliphatic carbocycles. The second-order valence-corrected chi connectivity index (χ2v) is 6.00. The largest absolute Gasteiger partial charge is 0.370 e. The van der Waals surface area contributed by atoms with Crippen molar-refractivity contribution in [3.05, 3.63) is 11.3 Å². The van der Waals surface area contributed by atoms with Gasteiger partial charge in [0.05, 0.1) is 0 Å². The molecule has 1 fully saturated rings. The molecule has 0 aromatic carbocycles. The van der Waals surface area contributed by atoms with Crippen LogP contribution in [0.3, 0.4) is 0 Å². The van der Waals surface area contributed by atoms with Gasteiger partial charge >= 0.3 is 0 Å². The third kappa shape index (κ3) is 3.41. The number of piperidine rings is 1. The van der Waals surface area contributed by atoms with Gasteiger partial charge in [0.25, 0.3) is 0 Å². The molecular formula is C16H28N4. The average Bonchev–Trinajstić information content (AvgIpc) is 2.45. The Bertz CT molecular complexity index is 436. The minimum absolute atomic E-state index is 0.449. The number of hydrogen-bond donors (Lipinski definition) is 1. The zero-order chi connectivity index (χ0) is 14.5. The molecule has 112 valence electrons. The Labute approximate surface area is 123 Å². The van der Waals surface area contributed by atoms with Crippen LogP contribution in [0.2, 0.25) is 0 Å². The minimum atomic E-state index is 0.449. The third-order valence-corrected chi connectivity index (χ3v) is 3.88. The lowest BCUT2D eigenvalue weighted by molar-refractivity contribution is 0.567. The van der Waals surface area contributed by atoms with Gasteiger partial charge in [-0.2, -0.15) is 4.98 Å². The summed E-state index contributed by atoms with van der Waals surface area (Å²) in [5.74, 6) is 2.39. The fourth-order valence-corrected chi connectivity index (χ4v) is 2.87. The number of anilines is 2. The summed E-state index contributed by atoms with van der Waals surface area (Å²) in [6.07, 6.45) is 4.96. The second kappa shape index (κ2) is 6.91. The van der Waals surface area contributed by atoms with E-state index in [1.54, 1.807) is 0 Å². The Morgan fingerprint density at radius 1 is 1.15 bits per heavy atom. The zero-order valence-electron chi connectivity index (χ0n) is 13.4. The first-order valence-electron chi connectivity index (χ1n) is 8.00. The van der Waals surface area contributed by atoms with Crippen molar-refractivity contribution in [3.63, 3.8) is 0 Å². The van der Waals surface area contributed by atoms with Crippen LogP contribution in [0.5, 0.6) is 0 Å². The molecule has 0 saturated carbocycles. The van der Waals surface area contributed by atoms with Gasteiger partial charge in [-0.3, -0.25) is 0 Å². The highest BCUT2D eigenvalue weighted by atomic mass is 15.3. The monoisotopic (exact) mass is 276 g/mol. The van der Waals surface area contributed by atoms with Crippen LogP contribution in [0.1, 0.15) is 63.6 Å². The fourth-order valence-electron chi connectivity index (χ4n) is 2.87. The molecule has 0 unspecified atom stereocenters. The van der Waals surface area contributed by atoms with Crippen molar-refractivity contribution in [2.45, 2.75) is 59.3 Å². The predicted molar refractivity (Wildman–Crippen MR) is 85.7 cm³/mol. The number of nitrogens with one attached hydrogen (secondary N) is 1. The van der Waals surface area contributed by atoms with Gasteiger partial charge in [0, 0.05) is 30.9 Å². The molecule has 1 saturated heterocycles. The molecule has 1 aliphatic rings. The number of nitrogens with zero attached hydrogens (tertiary/aromatic N) is 3. The topological polar surface area (TPSA) is 41.1 Å². The summed E-state index contributed by atoms with van der Waals surface area (Å²) in [6.45, 7) is 11.9. The normalized spacial score (nSPS) is 15.8. The highest BCUT2D eigenvalue weighted by molar-refractivity contribution is 5.52. The van der Waals surface area contributed by atoms with Gasteiger partial charge in [-0.25, -0.2) is 4.98 Å². The van der Waals surface area contributed by atoms with E-state index >= 15 is 0 Å². The molecule has 2 rings (SSSR count). The maximum atomic E-state index is 4.82. The molecule has 1 aliphatic heterocycles. The van der Waals surface area contributed by atoms with Gasteiger partial charge in [0.1, 0.15) is 5.82 Å². The van der Waals surface area contributed by atoms with Crippen LogP contribution in [0.4, 0.5) is 11.8 Å². The van der Waals surface area contributed by atoms with Crippen LogP contribution in [0.15, 0.2) is 0 Å². The van der Waals surface area contributed by atoms with Crippen molar-refractivity contribution in [1.29, 1.82) is 0 Å². The van der Waals surface area contributed by atoms with Crippen molar-refractivity contribution in [2.75, 3.05) is 29.9 Å². The predicted octanol–water partition coefficient (Wildman–Crippen LogP) is 3.72. The average molecular weight is 276 g/mol. The molecule has 0 bridgehead atoms. The number of hydrogen-bond acceptors (Lipinski definition) is 4. The Hall–Kier alpha value is -1.32. The molecule has 2 heterocycles. The van der Waals surface area contributed by atoms with E-state index in [1.807, 2.05) is 0 Å². The number of rotatable bonds is 5. The smallest absolute Gasteiger partial charge is 0.227 e. The molecule has 1 aromatic heterocycles. The van der Waals surface area contributed by atoms with E-state index in [0.29, 0.717) is 5.92 Å². The Morgan fingerprint density at radius 3 is 2.45 bits per heavy atom. The zero-order valence-corrected chi connectivity index (χ0v) is 13.4. The Kier molecular flexibility index (Phi) is 5.21. The summed E-state index contributed by atoms with van der Waals surface area (Å²) in [5.41, 5.74) is 2.38. The molecule has 4 nitrogen and oxygen atoms in total. The summed E-state index contributed by atoms with van der Waals surface area (Å²) in [4.78, 5) is 11.9. The van der Waals surface area contributed by atoms with Gasteiger partial charge < -0.3 is 10.2 Å². The minimum Gasteiger partial charge on any atom is -0.370 e. The van der Waals surface area contributed by atoms with Gasteiger partial charge in [-0.15, -0.1) is 0 Å². The Morgan fingerprint density at radius 2 is 1.85 bits per heavy atom. The van der Waals surface area contributed by atoms with Crippen molar-refractivity contribution in [2.24, 2.45) is 0 Å². The number of aryl methyl sites for hydroxylation is 1. The van der Waals surface area contributed by atoms with Crippen molar-refractivity contribution >= 4 is 11.8 Å². The first-order valence-corrected chi connectivity index (χ1v) is 8.00. The highest BCUT2D eigenvalue weighted by Gasteiger charge is 2.19. The van der Waals surface area contributed by atoms with E-state index in [9.17, 15) is 0 Å². The van der Waals surface area contributed by atoms with Gasteiger partial charge in [-0.05, 0) is 38.5 Å². The molecule has 1 aromatic rings. The maximum Gasteiger partial charge on any atom is 0.227 e. The van der Waals surface area contributed by atoms with Crippen molar-refractivity contribution < 1.29 is 0 Å². The molecule has 0 radical (unpaired) electrons. The van der Waals surface area contributed by atoms with E-state index < -0.39 is 0 Å². The molecule has 20 heavy (non-hydrogen) atoms. The van der Waals surface area contributed by atoms with E-state index in [0.717, 1.165) is 43.5 Å². The molecule has 0 atom stereocenters. The van der Waals surface area contributed by atoms with E-state index in [4.69, 9.17) is 9.97 Å². The first kappa shape index (κ1) is 15.1. The lowest BCUT2D eigenvalue weighted by atomic mass is 10.0. The summed E-state index contributed by atoms with van der Waals surface area (Å²) in [5, 5.41) is 3.49. The summed E-state index contributed by atoms with van der Waals surface area (Å²) < 4.78 is 0. The lowest BCUT2D eigenvalue weighted by Gasteiger charge is -2.28. The molecule has 0 spiro atoms. The highest BCUT2D eigenvalue weighted by Crippen LogP contribution is 2.28. The van der Waals surface area contributed by atoms with Gasteiger partial charge in [-0.1, -0.05) is 20.8 Å². The lowest BCUT2D eigenvalue weighted by Crippen LogP contribution is -2.31. The number of aromatic nitrogens is 2. The van der Waals surface area contributed by atoms with Crippen LogP contribution in [-0.4, -0.2) is 29.6 Å². The quantitative estimate of drug-likeness (QED) is 0.890. The maximum absolute atomic E-state index is 4.82. The summed E-state index contributed by atoms with van der Waals surface area (Å²) in [7, 11) is 0. The van der Waals surface area contributed by atoms with Crippen LogP contribution in [-0.2, 0) is 0 Å². The van der Waals surface area contributed by atoms with Crippen molar-refractivity contribution in [3.8, 4) is 0 Å². The molecule has 0 amide bonds. The van der Waals surface area contributed by atoms with Crippen LogP contribution in [0.25, 0.3) is 0 Å². The SMILES string of the molecule is CCCNc1nc(N2CCCCC2)nc(C)c1C(C)C. The van der Waals surface area contributed by atoms with E-state index in [2.05, 4.69) is 37.9 Å². The molecular weight excluding hydrogens is 248 g/mol. The summed E-state index contributed by atoms with van der Waals surface area (Å²) >= 11 is 0. The van der Waals surface area contributed by atoms with Crippen molar-refractivity contribution in [1.82, 2.24) is 9.97 Å². The van der Waals surface area contributed by atoms with E-state index in [-0.39, 0.29) is 0 Å². The van der Waals surface area contributed by atoms with E-state index in [1.165, 1.54) is 24.8 Å². The second-order valence-electron chi connectivity index (χ2n) is 6.00. The Balaban J connectivity index is 2.31. The van der Waals surface area contributed by atoms with Gasteiger partial charge in [0.2, 0.25) is 5.95 Å². The first-order chi connectivity index (χ1) is 9.63. The molecule has 1 N–H and O–H groups in total. The van der Waals surface area contributed by atoms with Crippen LogP contribution < -0.4 is 10.2 Å². The third-order valence-electron chi connectivity index (χ3n) is 3.88. The molecule has 4 heteroatoms. The van der Waals surface area contributed by atoms with Gasteiger partial charge in [0.15, 0.2) is 0 Å². The fraction of sp³-hybridized carbons (Fsp3) is 0.750. The van der Waals surface area contributed by atoms with Crippen LogP contribution in [0, 0.1) is 6.92 Å².